The van der Waals surface area contributed by atoms with E-state index in [1.807, 2.05) is 24.0 Å². The third kappa shape index (κ3) is 3.27. The Balaban J connectivity index is 1.84. The molecular formula is C16H21BrN4O. The summed E-state index contributed by atoms with van der Waals surface area (Å²) in [5, 5.41) is 6.64. The van der Waals surface area contributed by atoms with Crippen molar-refractivity contribution in [1.29, 1.82) is 0 Å². The van der Waals surface area contributed by atoms with E-state index in [-0.39, 0.29) is 5.91 Å². The van der Waals surface area contributed by atoms with Gasteiger partial charge in [-0.1, -0.05) is 15.9 Å². The summed E-state index contributed by atoms with van der Waals surface area (Å²) >= 11 is 3.51. The highest BCUT2D eigenvalue weighted by atomic mass is 79.9. The minimum Gasteiger partial charge on any atom is -0.377 e. The van der Waals surface area contributed by atoms with E-state index in [0.717, 1.165) is 66.1 Å². The highest BCUT2D eigenvalue weighted by Gasteiger charge is 2.23. The lowest BCUT2D eigenvalue weighted by Gasteiger charge is -2.20. The summed E-state index contributed by atoms with van der Waals surface area (Å²) < 4.78 is 0.939. The van der Waals surface area contributed by atoms with Crippen molar-refractivity contribution in [2.45, 2.75) is 19.8 Å². The molecule has 0 radical (unpaired) electrons. The van der Waals surface area contributed by atoms with Crippen molar-refractivity contribution in [2.75, 3.05) is 38.0 Å². The minimum atomic E-state index is 0.116. The summed E-state index contributed by atoms with van der Waals surface area (Å²) in [6.07, 6.45) is 2.20. The van der Waals surface area contributed by atoms with E-state index in [1.165, 1.54) is 0 Å². The van der Waals surface area contributed by atoms with Crippen molar-refractivity contribution >= 4 is 33.4 Å². The SMILES string of the molecule is Cc1cc(Br)cc(C(=O)N2CCCC2)c1NCC1=NCCN1. The van der Waals surface area contributed by atoms with Crippen LogP contribution >= 0.6 is 15.9 Å². The number of anilines is 1. The van der Waals surface area contributed by atoms with Crippen LogP contribution in [0.5, 0.6) is 0 Å². The molecule has 1 aromatic rings. The van der Waals surface area contributed by atoms with Gasteiger partial charge in [0.05, 0.1) is 24.3 Å². The molecule has 3 rings (SSSR count). The lowest BCUT2D eigenvalue weighted by atomic mass is 10.1. The molecule has 0 aromatic heterocycles. The summed E-state index contributed by atoms with van der Waals surface area (Å²) in [6, 6.07) is 3.95. The second-order valence-corrected chi connectivity index (χ2v) is 6.67. The number of benzene rings is 1. The van der Waals surface area contributed by atoms with Crippen molar-refractivity contribution in [3.8, 4) is 0 Å². The van der Waals surface area contributed by atoms with E-state index in [1.54, 1.807) is 0 Å². The van der Waals surface area contributed by atoms with Crippen molar-refractivity contribution in [3.63, 3.8) is 0 Å². The molecule has 22 heavy (non-hydrogen) atoms. The summed E-state index contributed by atoms with van der Waals surface area (Å²) in [5.41, 5.74) is 2.72. The number of hydrogen-bond acceptors (Lipinski definition) is 4. The van der Waals surface area contributed by atoms with Crippen LogP contribution in [-0.4, -0.2) is 49.4 Å². The Morgan fingerprint density at radius 1 is 1.41 bits per heavy atom. The van der Waals surface area contributed by atoms with Gasteiger partial charge in [0.15, 0.2) is 0 Å². The molecule has 0 spiro atoms. The predicted molar refractivity (Wildman–Crippen MR) is 92.8 cm³/mol. The summed E-state index contributed by atoms with van der Waals surface area (Å²) in [7, 11) is 0. The van der Waals surface area contributed by atoms with Crippen molar-refractivity contribution < 1.29 is 4.79 Å². The Kier molecular flexibility index (Phi) is 4.66. The number of hydrogen-bond donors (Lipinski definition) is 2. The van der Waals surface area contributed by atoms with Crippen LogP contribution in [0.15, 0.2) is 21.6 Å². The highest BCUT2D eigenvalue weighted by Crippen LogP contribution is 2.28. The van der Waals surface area contributed by atoms with Crippen LogP contribution in [0.3, 0.4) is 0 Å². The average molecular weight is 365 g/mol. The Morgan fingerprint density at radius 2 is 2.18 bits per heavy atom. The van der Waals surface area contributed by atoms with Crippen molar-refractivity contribution in [1.82, 2.24) is 10.2 Å². The number of likely N-dealkylation sites (tertiary alicyclic amines) is 1. The first-order valence-electron chi connectivity index (χ1n) is 7.75. The monoisotopic (exact) mass is 364 g/mol. The van der Waals surface area contributed by atoms with E-state index in [2.05, 4.69) is 31.6 Å². The van der Waals surface area contributed by atoms with Gasteiger partial charge in [0.1, 0.15) is 5.84 Å². The van der Waals surface area contributed by atoms with E-state index in [0.29, 0.717) is 6.54 Å². The fraction of sp³-hybridized carbons (Fsp3) is 0.500. The Morgan fingerprint density at radius 3 is 2.86 bits per heavy atom. The standard InChI is InChI=1S/C16H21BrN4O/c1-11-8-12(17)9-13(16(22)21-6-2-3-7-21)15(11)20-10-14-18-4-5-19-14/h8-9,20H,2-7,10H2,1H3,(H,18,19). The topological polar surface area (TPSA) is 56.7 Å². The number of nitrogens with zero attached hydrogens (tertiary/aromatic N) is 2. The molecule has 1 saturated heterocycles. The Hall–Kier alpha value is -1.56. The molecule has 0 bridgehead atoms. The summed E-state index contributed by atoms with van der Waals surface area (Å²) in [5.74, 6) is 1.08. The largest absolute Gasteiger partial charge is 0.377 e. The molecule has 2 aliphatic heterocycles. The number of amides is 1. The maximum atomic E-state index is 12.8. The van der Waals surface area contributed by atoms with Gasteiger partial charge in [-0.3, -0.25) is 9.79 Å². The highest BCUT2D eigenvalue weighted by molar-refractivity contribution is 9.10. The fourth-order valence-electron chi connectivity index (χ4n) is 2.97. The van der Waals surface area contributed by atoms with Crippen LogP contribution in [0.4, 0.5) is 5.69 Å². The molecule has 0 aliphatic carbocycles. The number of halogens is 1. The van der Waals surface area contributed by atoms with Gasteiger partial charge in [-0.25, -0.2) is 0 Å². The molecule has 1 fully saturated rings. The molecule has 1 amide bonds. The molecule has 118 valence electrons. The molecular weight excluding hydrogens is 344 g/mol. The number of carbonyl (C=O) groups excluding carboxylic acids is 1. The minimum absolute atomic E-state index is 0.116. The van der Waals surface area contributed by atoms with E-state index in [4.69, 9.17) is 0 Å². The van der Waals surface area contributed by atoms with Gasteiger partial charge in [0.25, 0.3) is 5.91 Å². The quantitative estimate of drug-likeness (QED) is 0.862. The number of carbonyl (C=O) groups is 1. The third-order valence-electron chi connectivity index (χ3n) is 4.10. The zero-order valence-electron chi connectivity index (χ0n) is 12.8. The van der Waals surface area contributed by atoms with Gasteiger partial charge in [-0.05, 0) is 37.5 Å². The lowest BCUT2D eigenvalue weighted by molar-refractivity contribution is 0.0793. The van der Waals surface area contributed by atoms with Crippen LogP contribution in [-0.2, 0) is 0 Å². The van der Waals surface area contributed by atoms with Crippen molar-refractivity contribution in [2.24, 2.45) is 4.99 Å². The van der Waals surface area contributed by atoms with Gasteiger partial charge < -0.3 is 15.5 Å². The molecule has 0 saturated carbocycles. The normalized spacial score (nSPS) is 17.4. The number of aliphatic imine (C=N–C) groups is 1. The Bertz CT molecular complexity index is 608. The maximum Gasteiger partial charge on any atom is 0.256 e. The van der Waals surface area contributed by atoms with Gasteiger partial charge in [0.2, 0.25) is 0 Å². The maximum absolute atomic E-state index is 12.8. The molecule has 0 atom stereocenters. The Labute approximate surface area is 139 Å². The molecule has 5 nitrogen and oxygen atoms in total. The van der Waals surface area contributed by atoms with Crippen LogP contribution in [0.1, 0.15) is 28.8 Å². The molecule has 1 aromatic carbocycles. The van der Waals surface area contributed by atoms with E-state index < -0.39 is 0 Å². The van der Waals surface area contributed by atoms with Crippen LogP contribution in [0.25, 0.3) is 0 Å². The second kappa shape index (κ2) is 6.69. The smallest absolute Gasteiger partial charge is 0.256 e. The number of rotatable bonds is 4. The lowest BCUT2D eigenvalue weighted by Crippen LogP contribution is -2.30. The van der Waals surface area contributed by atoms with Crippen LogP contribution in [0.2, 0.25) is 0 Å². The third-order valence-corrected chi connectivity index (χ3v) is 4.56. The van der Waals surface area contributed by atoms with Crippen LogP contribution in [0, 0.1) is 6.92 Å². The number of aryl methyl sites for hydroxylation is 1. The molecule has 2 aliphatic rings. The van der Waals surface area contributed by atoms with Gasteiger partial charge >= 0.3 is 0 Å². The second-order valence-electron chi connectivity index (χ2n) is 5.75. The number of nitrogens with one attached hydrogen (secondary N) is 2. The average Bonchev–Trinajstić information content (AvgIpc) is 3.18. The van der Waals surface area contributed by atoms with Crippen LogP contribution < -0.4 is 10.6 Å². The van der Waals surface area contributed by atoms with Gasteiger partial charge in [0, 0.05) is 24.1 Å². The molecule has 6 heteroatoms. The molecule has 0 unspecified atom stereocenters. The zero-order chi connectivity index (χ0) is 15.5. The first-order chi connectivity index (χ1) is 10.6. The predicted octanol–water partition coefficient (Wildman–Crippen LogP) is 2.41. The van der Waals surface area contributed by atoms with E-state index >= 15 is 0 Å². The van der Waals surface area contributed by atoms with Crippen molar-refractivity contribution in [3.05, 3.63) is 27.7 Å². The molecule has 2 heterocycles. The van der Waals surface area contributed by atoms with Gasteiger partial charge in [-0.15, -0.1) is 0 Å². The van der Waals surface area contributed by atoms with E-state index in [9.17, 15) is 4.79 Å². The molecule has 2 N–H and O–H groups in total. The first-order valence-corrected chi connectivity index (χ1v) is 8.55. The summed E-state index contributed by atoms with van der Waals surface area (Å²) in [6.45, 7) is 6.10. The fourth-order valence-corrected chi connectivity index (χ4v) is 3.55. The van der Waals surface area contributed by atoms with Gasteiger partial charge in [-0.2, -0.15) is 0 Å². The number of amidine groups is 1. The summed E-state index contributed by atoms with van der Waals surface area (Å²) in [4.78, 5) is 19.1. The first kappa shape index (κ1) is 15.3. The zero-order valence-corrected chi connectivity index (χ0v) is 14.4.